The minimum absolute atomic E-state index is 0.0270. The molecule has 5 heteroatoms. The Labute approximate surface area is 117 Å². The average Bonchev–Trinajstić information content (AvgIpc) is 2.69. The third-order valence-electron chi connectivity index (χ3n) is 2.85. The molecular formula is C15H15N3O2. The Morgan fingerprint density at radius 3 is 2.90 bits per heavy atom. The molecular weight excluding hydrogens is 254 g/mol. The van der Waals surface area contributed by atoms with E-state index >= 15 is 0 Å². The van der Waals surface area contributed by atoms with Crippen molar-refractivity contribution >= 4 is 12.1 Å². The molecule has 1 amide bonds. The SMILES string of the molecule is N#Cc1ccc(OCCCN2CC=NC=CC2=O)cc1. The van der Waals surface area contributed by atoms with Crippen LogP contribution in [-0.2, 0) is 4.79 Å². The van der Waals surface area contributed by atoms with Gasteiger partial charge in [-0.15, -0.1) is 0 Å². The van der Waals surface area contributed by atoms with E-state index in [9.17, 15) is 4.79 Å². The number of hydrogen-bond acceptors (Lipinski definition) is 4. The topological polar surface area (TPSA) is 65.7 Å². The molecule has 0 atom stereocenters. The summed E-state index contributed by atoms with van der Waals surface area (Å²) in [4.78, 5) is 17.3. The van der Waals surface area contributed by atoms with Crippen molar-refractivity contribution < 1.29 is 9.53 Å². The number of nitrogens with zero attached hydrogens (tertiary/aromatic N) is 3. The Bertz CT molecular complexity index is 555. The van der Waals surface area contributed by atoms with E-state index in [1.807, 2.05) is 0 Å². The Morgan fingerprint density at radius 2 is 2.15 bits per heavy atom. The lowest BCUT2D eigenvalue weighted by molar-refractivity contribution is -0.125. The van der Waals surface area contributed by atoms with Crippen molar-refractivity contribution in [3.63, 3.8) is 0 Å². The fourth-order valence-electron chi connectivity index (χ4n) is 1.78. The lowest BCUT2D eigenvalue weighted by atomic mass is 10.2. The molecule has 0 spiro atoms. The van der Waals surface area contributed by atoms with Gasteiger partial charge in [0.05, 0.1) is 24.8 Å². The zero-order valence-electron chi connectivity index (χ0n) is 11.0. The molecule has 102 valence electrons. The maximum atomic E-state index is 11.6. The molecule has 5 nitrogen and oxygen atoms in total. The number of nitriles is 1. The summed E-state index contributed by atoms with van der Waals surface area (Å²) in [7, 11) is 0. The summed E-state index contributed by atoms with van der Waals surface area (Å²) in [6.45, 7) is 1.69. The average molecular weight is 269 g/mol. The Kier molecular flexibility index (Phi) is 4.90. The van der Waals surface area contributed by atoms with Gasteiger partial charge in [-0.1, -0.05) is 0 Å². The van der Waals surface area contributed by atoms with Gasteiger partial charge in [0, 0.05) is 25.0 Å². The minimum Gasteiger partial charge on any atom is -0.494 e. The molecule has 0 N–H and O–H groups in total. The van der Waals surface area contributed by atoms with E-state index in [1.54, 1.807) is 35.4 Å². The molecule has 2 rings (SSSR count). The molecule has 0 saturated heterocycles. The third kappa shape index (κ3) is 3.95. The largest absolute Gasteiger partial charge is 0.494 e. The van der Waals surface area contributed by atoms with Gasteiger partial charge in [0.2, 0.25) is 5.91 Å². The van der Waals surface area contributed by atoms with Crippen molar-refractivity contribution in [2.75, 3.05) is 19.7 Å². The van der Waals surface area contributed by atoms with Crippen molar-refractivity contribution in [3.8, 4) is 11.8 Å². The van der Waals surface area contributed by atoms with Gasteiger partial charge in [0.15, 0.2) is 0 Å². The number of ether oxygens (including phenoxy) is 1. The van der Waals surface area contributed by atoms with E-state index in [2.05, 4.69) is 11.1 Å². The Balaban J connectivity index is 1.73. The highest BCUT2D eigenvalue weighted by atomic mass is 16.5. The van der Waals surface area contributed by atoms with Gasteiger partial charge in [-0.2, -0.15) is 5.26 Å². The molecule has 0 saturated carbocycles. The zero-order valence-corrected chi connectivity index (χ0v) is 11.0. The van der Waals surface area contributed by atoms with Crippen LogP contribution in [0.4, 0.5) is 0 Å². The summed E-state index contributed by atoms with van der Waals surface area (Å²) in [5.41, 5.74) is 0.610. The summed E-state index contributed by atoms with van der Waals surface area (Å²) in [6, 6.07) is 9.03. The van der Waals surface area contributed by atoms with E-state index in [4.69, 9.17) is 10.00 Å². The summed E-state index contributed by atoms with van der Waals surface area (Å²) in [6.07, 6.45) is 5.43. The molecule has 1 aromatic rings. The molecule has 1 aliphatic heterocycles. The van der Waals surface area contributed by atoms with Crippen LogP contribution in [0.25, 0.3) is 0 Å². The number of rotatable bonds is 5. The van der Waals surface area contributed by atoms with E-state index in [0.29, 0.717) is 25.3 Å². The quantitative estimate of drug-likeness (QED) is 0.765. The second-order valence-electron chi connectivity index (χ2n) is 4.27. The van der Waals surface area contributed by atoms with Gasteiger partial charge in [-0.3, -0.25) is 9.79 Å². The fraction of sp³-hybridized carbons (Fsp3) is 0.267. The predicted molar refractivity (Wildman–Crippen MR) is 75.5 cm³/mol. The second kappa shape index (κ2) is 7.10. The number of carbonyl (C=O) groups is 1. The van der Waals surface area contributed by atoms with Gasteiger partial charge in [-0.05, 0) is 30.7 Å². The van der Waals surface area contributed by atoms with Gasteiger partial charge in [-0.25, -0.2) is 0 Å². The van der Waals surface area contributed by atoms with Crippen molar-refractivity contribution in [1.82, 2.24) is 4.90 Å². The minimum atomic E-state index is -0.0270. The van der Waals surface area contributed by atoms with E-state index in [0.717, 1.165) is 12.2 Å². The lowest BCUT2D eigenvalue weighted by Gasteiger charge is -2.18. The van der Waals surface area contributed by atoms with Crippen LogP contribution < -0.4 is 4.74 Å². The third-order valence-corrected chi connectivity index (χ3v) is 2.85. The molecule has 0 bridgehead atoms. The summed E-state index contributed by atoms with van der Waals surface area (Å²) < 4.78 is 5.56. The standard InChI is InChI=1S/C15H15N3O2/c16-12-13-2-4-14(5-3-13)20-11-1-9-18-10-8-17-7-6-15(18)19/h2-8H,1,9-11H2. The summed E-state index contributed by atoms with van der Waals surface area (Å²) >= 11 is 0. The molecule has 0 radical (unpaired) electrons. The van der Waals surface area contributed by atoms with Gasteiger partial charge in [0.1, 0.15) is 5.75 Å². The van der Waals surface area contributed by atoms with E-state index < -0.39 is 0 Å². The molecule has 0 aliphatic carbocycles. The van der Waals surface area contributed by atoms with Crippen molar-refractivity contribution in [1.29, 1.82) is 5.26 Å². The van der Waals surface area contributed by atoms with Crippen LogP contribution >= 0.6 is 0 Å². The molecule has 0 aromatic heterocycles. The Hall–Kier alpha value is -2.61. The van der Waals surface area contributed by atoms with Crippen LogP contribution in [0.1, 0.15) is 12.0 Å². The van der Waals surface area contributed by atoms with Crippen molar-refractivity contribution in [2.45, 2.75) is 6.42 Å². The molecule has 20 heavy (non-hydrogen) atoms. The molecule has 0 unspecified atom stereocenters. The van der Waals surface area contributed by atoms with Gasteiger partial charge in [0.25, 0.3) is 0 Å². The molecule has 1 aliphatic rings. The van der Waals surface area contributed by atoms with Crippen LogP contribution in [0.15, 0.2) is 41.5 Å². The number of hydrogen-bond donors (Lipinski definition) is 0. The first-order valence-corrected chi connectivity index (χ1v) is 6.39. The van der Waals surface area contributed by atoms with Gasteiger partial charge >= 0.3 is 0 Å². The number of carbonyl (C=O) groups excluding carboxylic acids is 1. The molecule has 0 fully saturated rings. The van der Waals surface area contributed by atoms with Crippen LogP contribution in [-0.4, -0.2) is 36.7 Å². The smallest absolute Gasteiger partial charge is 0.248 e. The van der Waals surface area contributed by atoms with Crippen LogP contribution in [0.5, 0.6) is 5.75 Å². The van der Waals surface area contributed by atoms with Crippen molar-refractivity contribution in [2.24, 2.45) is 4.99 Å². The highest BCUT2D eigenvalue weighted by molar-refractivity contribution is 5.90. The van der Waals surface area contributed by atoms with Crippen LogP contribution in [0.2, 0.25) is 0 Å². The first-order valence-electron chi connectivity index (χ1n) is 6.39. The monoisotopic (exact) mass is 269 g/mol. The summed E-state index contributed by atoms with van der Waals surface area (Å²) in [5.74, 6) is 0.702. The molecule has 1 aromatic carbocycles. The zero-order chi connectivity index (χ0) is 14.2. The number of aliphatic imine (C=N–C) groups is 1. The van der Waals surface area contributed by atoms with E-state index in [1.165, 1.54) is 12.3 Å². The highest BCUT2D eigenvalue weighted by Gasteiger charge is 2.10. The van der Waals surface area contributed by atoms with Crippen molar-refractivity contribution in [3.05, 3.63) is 42.1 Å². The highest BCUT2D eigenvalue weighted by Crippen LogP contribution is 2.11. The fourth-order valence-corrected chi connectivity index (χ4v) is 1.78. The molecule has 1 heterocycles. The maximum absolute atomic E-state index is 11.6. The number of amides is 1. The maximum Gasteiger partial charge on any atom is 0.248 e. The van der Waals surface area contributed by atoms with Crippen LogP contribution in [0, 0.1) is 11.3 Å². The Morgan fingerprint density at radius 1 is 1.35 bits per heavy atom. The first-order chi connectivity index (χ1) is 9.79. The number of benzene rings is 1. The predicted octanol–water partition coefficient (Wildman–Crippen LogP) is 1.75. The summed E-state index contributed by atoms with van der Waals surface area (Å²) in [5, 5.41) is 8.69. The lowest BCUT2D eigenvalue weighted by Crippen LogP contribution is -2.32. The van der Waals surface area contributed by atoms with Gasteiger partial charge < -0.3 is 9.64 Å². The normalized spacial score (nSPS) is 13.9. The van der Waals surface area contributed by atoms with E-state index in [-0.39, 0.29) is 5.91 Å². The first kappa shape index (κ1) is 13.8. The second-order valence-corrected chi connectivity index (χ2v) is 4.27. The van der Waals surface area contributed by atoms with Crippen LogP contribution in [0.3, 0.4) is 0 Å².